The van der Waals surface area contributed by atoms with E-state index in [1.807, 2.05) is 64.4 Å². The summed E-state index contributed by atoms with van der Waals surface area (Å²) in [4.78, 5) is 33.6. The lowest BCUT2D eigenvalue weighted by molar-refractivity contribution is -0.142. The minimum absolute atomic E-state index is 0.138. The molecule has 1 aliphatic rings. The van der Waals surface area contributed by atoms with Crippen LogP contribution in [0.4, 0.5) is 0 Å². The Bertz CT molecular complexity index is 1040. The fourth-order valence-corrected chi connectivity index (χ4v) is 5.07. The third-order valence-electron chi connectivity index (χ3n) is 6.15. The Morgan fingerprint density at radius 1 is 1.24 bits per heavy atom. The first-order valence-electron chi connectivity index (χ1n) is 11.6. The third-order valence-corrected chi connectivity index (χ3v) is 7.12. The molecule has 184 valence electrons. The number of nitrogens with zero attached hydrogens (tertiary/aromatic N) is 2. The predicted octanol–water partition coefficient (Wildman–Crippen LogP) is 3.80. The number of amides is 2. The van der Waals surface area contributed by atoms with Gasteiger partial charge in [0.2, 0.25) is 11.8 Å². The largest absolute Gasteiger partial charge is 0.391 e. The van der Waals surface area contributed by atoms with Gasteiger partial charge in [0.15, 0.2) is 0 Å². The van der Waals surface area contributed by atoms with Crippen molar-refractivity contribution in [1.29, 1.82) is 0 Å². The van der Waals surface area contributed by atoms with Crippen molar-refractivity contribution >= 4 is 23.2 Å². The predicted molar refractivity (Wildman–Crippen MR) is 136 cm³/mol. The number of hydrogen-bond donors (Lipinski definition) is 3. The van der Waals surface area contributed by atoms with Gasteiger partial charge >= 0.3 is 0 Å². The summed E-state index contributed by atoms with van der Waals surface area (Å²) in [5.74, 6) is -0.466. The first-order chi connectivity index (χ1) is 15.9. The number of aromatic nitrogens is 1. The second-order valence-electron chi connectivity index (χ2n) is 10.2. The third kappa shape index (κ3) is 5.85. The van der Waals surface area contributed by atoms with Gasteiger partial charge in [-0.1, -0.05) is 51.6 Å². The quantitative estimate of drug-likeness (QED) is 0.556. The molecule has 0 saturated carbocycles. The van der Waals surface area contributed by atoms with E-state index in [0.29, 0.717) is 5.70 Å². The van der Waals surface area contributed by atoms with Gasteiger partial charge in [-0.05, 0) is 37.3 Å². The molecule has 0 aliphatic carbocycles. The number of nitrogens with one attached hydrogen (secondary N) is 2. The number of thiazole rings is 1. The monoisotopic (exact) mass is 484 g/mol. The molecule has 2 heterocycles. The Balaban J connectivity index is 1.72. The molecule has 4 atom stereocenters. The molecule has 2 amide bonds. The van der Waals surface area contributed by atoms with Crippen molar-refractivity contribution in [3.05, 3.63) is 53.3 Å². The highest BCUT2D eigenvalue weighted by atomic mass is 32.1. The number of aliphatic hydroxyl groups is 1. The molecule has 34 heavy (non-hydrogen) atoms. The lowest BCUT2D eigenvalue weighted by Gasteiger charge is -2.36. The standard InChI is InChI=1S/C26H36N4O3S/c1-15(2)28-23(26(5,6)7)25(33)30-13-20(31)12-21(30)24(32)29-16(3)18-8-10-19(11-9-18)22-17(4)27-14-34-22/h8-11,14,16,20-21,23,28,31H,1,12-13H2,2-7H3,(H,29,32)/t16-,20+,21-,23+/m0/s1. The SMILES string of the molecule is C=C(C)N[C@H](C(=O)N1C[C@H](O)C[C@H]1C(=O)N[C@@H](C)c1ccc(-c2scnc2C)cc1)C(C)(C)C. The second kappa shape index (κ2) is 10.3. The van der Waals surface area contributed by atoms with E-state index in [1.165, 1.54) is 4.90 Å². The summed E-state index contributed by atoms with van der Waals surface area (Å²) in [7, 11) is 0. The lowest BCUT2D eigenvalue weighted by Crippen LogP contribution is -2.56. The highest BCUT2D eigenvalue weighted by Gasteiger charge is 2.44. The lowest BCUT2D eigenvalue weighted by atomic mass is 9.85. The topological polar surface area (TPSA) is 94.6 Å². The van der Waals surface area contributed by atoms with Crippen molar-refractivity contribution in [3.8, 4) is 10.4 Å². The van der Waals surface area contributed by atoms with Crippen LogP contribution >= 0.6 is 11.3 Å². The van der Waals surface area contributed by atoms with Gasteiger partial charge in [-0.25, -0.2) is 4.98 Å². The molecule has 0 bridgehead atoms. The van der Waals surface area contributed by atoms with Crippen LogP contribution in [0.25, 0.3) is 10.4 Å². The number of rotatable bonds is 7. The van der Waals surface area contributed by atoms with Crippen LogP contribution in [0.3, 0.4) is 0 Å². The summed E-state index contributed by atoms with van der Waals surface area (Å²) in [6.45, 7) is 15.6. The Labute approximate surface area is 206 Å². The zero-order valence-electron chi connectivity index (χ0n) is 20.9. The van der Waals surface area contributed by atoms with Crippen LogP contribution in [-0.2, 0) is 9.59 Å². The molecule has 3 rings (SSSR count). The zero-order chi connectivity index (χ0) is 25.2. The maximum atomic E-state index is 13.4. The molecule has 7 nitrogen and oxygen atoms in total. The number of hydrogen-bond acceptors (Lipinski definition) is 6. The summed E-state index contributed by atoms with van der Waals surface area (Å²) >= 11 is 1.60. The maximum absolute atomic E-state index is 13.4. The van der Waals surface area contributed by atoms with Crippen LogP contribution in [0, 0.1) is 12.3 Å². The Morgan fingerprint density at radius 2 is 1.88 bits per heavy atom. The van der Waals surface area contributed by atoms with Gasteiger partial charge in [0.05, 0.1) is 28.2 Å². The second-order valence-corrected chi connectivity index (χ2v) is 11.1. The van der Waals surface area contributed by atoms with E-state index in [-0.39, 0.29) is 30.8 Å². The summed E-state index contributed by atoms with van der Waals surface area (Å²) < 4.78 is 0. The molecule has 0 unspecified atom stereocenters. The molecule has 1 fully saturated rings. The van der Waals surface area contributed by atoms with E-state index in [9.17, 15) is 14.7 Å². The highest BCUT2D eigenvalue weighted by Crippen LogP contribution is 2.29. The Kier molecular flexibility index (Phi) is 7.83. The molecule has 1 saturated heterocycles. The van der Waals surface area contributed by atoms with Crippen molar-refractivity contribution in [2.24, 2.45) is 5.41 Å². The first kappa shape index (κ1) is 25.9. The van der Waals surface area contributed by atoms with Crippen LogP contribution < -0.4 is 10.6 Å². The number of allylic oxidation sites excluding steroid dienone is 1. The smallest absolute Gasteiger partial charge is 0.246 e. The van der Waals surface area contributed by atoms with Gasteiger partial charge in [-0.2, -0.15) is 0 Å². The Hall–Kier alpha value is -2.71. The number of β-amino-alcohol motifs (C(OH)–C–C–N with tert-alkyl or cyclic N) is 1. The van der Waals surface area contributed by atoms with Crippen LogP contribution in [0.15, 0.2) is 42.1 Å². The number of likely N-dealkylation sites (tertiary alicyclic amines) is 1. The van der Waals surface area contributed by atoms with Gasteiger partial charge in [-0.3, -0.25) is 9.59 Å². The minimum Gasteiger partial charge on any atom is -0.391 e. The van der Waals surface area contributed by atoms with Crippen LogP contribution in [0.5, 0.6) is 0 Å². The van der Waals surface area contributed by atoms with E-state index in [1.54, 1.807) is 18.3 Å². The molecular weight excluding hydrogens is 448 g/mol. The molecule has 1 aromatic heterocycles. The number of aryl methyl sites for hydroxylation is 1. The molecule has 0 spiro atoms. The molecule has 2 aromatic rings. The molecule has 1 aliphatic heterocycles. The number of benzene rings is 1. The maximum Gasteiger partial charge on any atom is 0.246 e. The Morgan fingerprint density at radius 3 is 2.41 bits per heavy atom. The van der Waals surface area contributed by atoms with Crippen LogP contribution in [0.2, 0.25) is 0 Å². The number of carbonyl (C=O) groups excluding carboxylic acids is 2. The van der Waals surface area contributed by atoms with Gasteiger partial charge in [0.1, 0.15) is 12.1 Å². The van der Waals surface area contributed by atoms with Crippen molar-refractivity contribution in [3.63, 3.8) is 0 Å². The van der Waals surface area contributed by atoms with Crippen molar-refractivity contribution in [2.45, 2.75) is 72.2 Å². The van der Waals surface area contributed by atoms with Crippen LogP contribution in [-0.4, -0.2) is 51.5 Å². The fourth-order valence-electron chi connectivity index (χ4n) is 4.26. The van der Waals surface area contributed by atoms with Gasteiger partial charge in [0.25, 0.3) is 0 Å². The first-order valence-corrected chi connectivity index (χ1v) is 12.5. The van der Waals surface area contributed by atoms with E-state index < -0.39 is 23.6 Å². The number of carbonyl (C=O) groups is 2. The normalized spacial score (nSPS) is 20.0. The molecular formula is C26H36N4O3S. The zero-order valence-corrected chi connectivity index (χ0v) is 21.7. The summed E-state index contributed by atoms with van der Waals surface area (Å²) in [6, 6.07) is 6.55. The van der Waals surface area contributed by atoms with Gasteiger partial charge in [0, 0.05) is 18.7 Å². The van der Waals surface area contributed by atoms with Gasteiger partial charge in [-0.15, -0.1) is 11.3 Å². The van der Waals surface area contributed by atoms with Crippen molar-refractivity contribution in [2.75, 3.05) is 6.54 Å². The molecule has 1 aromatic carbocycles. The van der Waals surface area contributed by atoms with E-state index in [0.717, 1.165) is 21.7 Å². The van der Waals surface area contributed by atoms with E-state index >= 15 is 0 Å². The van der Waals surface area contributed by atoms with Crippen molar-refractivity contribution < 1.29 is 14.7 Å². The van der Waals surface area contributed by atoms with Crippen LogP contribution in [0.1, 0.15) is 58.3 Å². The average Bonchev–Trinajstić information content (AvgIpc) is 3.36. The number of aliphatic hydroxyl groups excluding tert-OH is 1. The average molecular weight is 485 g/mol. The highest BCUT2D eigenvalue weighted by molar-refractivity contribution is 7.13. The van der Waals surface area contributed by atoms with E-state index in [2.05, 4.69) is 22.2 Å². The van der Waals surface area contributed by atoms with Gasteiger partial charge < -0.3 is 20.6 Å². The van der Waals surface area contributed by atoms with Crippen molar-refractivity contribution in [1.82, 2.24) is 20.5 Å². The molecule has 3 N–H and O–H groups in total. The fraction of sp³-hybridized carbons (Fsp3) is 0.500. The summed E-state index contributed by atoms with van der Waals surface area (Å²) in [5, 5.41) is 16.5. The minimum atomic E-state index is -0.734. The summed E-state index contributed by atoms with van der Waals surface area (Å²) in [5.41, 5.74) is 5.18. The van der Waals surface area contributed by atoms with E-state index in [4.69, 9.17) is 0 Å². The molecule has 8 heteroatoms. The summed E-state index contributed by atoms with van der Waals surface area (Å²) in [6.07, 6.45) is -0.514. The molecule has 0 radical (unpaired) electrons.